The summed E-state index contributed by atoms with van der Waals surface area (Å²) in [4.78, 5) is 24.3. The van der Waals surface area contributed by atoms with Gasteiger partial charge < -0.3 is 9.30 Å². The Balaban J connectivity index is 2.65. The average molecular weight is 212 g/mol. The molecule has 1 aromatic rings. The molecule has 1 heterocycles. The first-order valence-corrected chi connectivity index (χ1v) is 5.00. The highest BCUT2D eigenvalue weighted by Crippen LogP contribution is 2.02. The normalized spacial score (nSPS) is 12.7. The molecule has 84 valence electrons. The van der Waals surface area contributed by atoms with Crippen molar-refractivity contribution in [3.63, 3.8) is 0 Å². The Labute approximate surface area is 87.7 Å². The molecule has 0 spiro atoms. The number of aromatic amines is 1. The summed E-state index contributed by atoms with van der Waals surface area (Å²) in [5, 5.41) is 0. The summed E-state index contributed by atoms with van der Waals surface area (Å²) in [6.45, 7) is 2.59. The third-order valence-corrected chi connectivity index (χ3v) is 2.38. The van der Waals surface area contributed by atoms with Gasteiger partial charge in [-0.1, -0.05) is 6.92 Å². The van der Waals surface area contributed by atoms with Crippen LogP contribution in [0.2, 0.25) is 0 Å². The van der Waals surface area contributed by atoms with Gasteiger partial charge in [0.15, 0.2) is 0 Å². The predicted molar refractivity (Wildman–Crippen MR) is 57.0 cm³/mol. The minimum absolute atomic E-state index is 0.156. The zero-order valence-corrected chi connectivity index (χ0v) is 9.03. The van der Waals surface area contributed by atoms with E-state index in [0.29, 0.717) is 6.54 Å². The fourth-order valence-electron chi connectivity index (χ4n) is 1.39. The standard InChI is InChI=1S/C10H16N2O3/c1-3-8(15-2)4-6-12-7-5-9(13)11-10(12)14/h5,7-8H,3-4,6H2,1-2H3,(H,11,13,14). The second-order valence-corrected chi connectivity index (χ2v) is 3.36. The molecule has 1 aromatic heterocycles. The molecule has 5 nitrogen and oxygen atoms in total. The number of H-pyrrole nitrogens is 1. The van der Waals surface area contributed by atoms with Crippen molar-refractivity contribution in [1.82, 2.24) is 9.55 Å². The molecule has 0 fully saturated rings. The maximum atomic E-state index is 11.3. The van der Waals surface area contributed by atoms with Gasteiger partial charge in [-0.25, -0.2) is 4.79 Å². The van der Waals surface area contributed by atoms with Crippen molar-refractivity contribution >= 4 is 0 Å². The van der Waals surface area contributed by atoms with Crippen molar-refractivity contribution in [2.75, 3.05) is 7.11 Å². The topological polar surface area (TPSA) is 64.1 Å². The summed E-state index contributed by atoms with van der Waals surface area (Å²) in [6, 6.07) is 1.34. The van der Waals surface area contributed by atoms with E-state index in [4.69, 9.17) is 4.74 Å². The molecule has 0 saturated heterocycles. The number of hydrogen-bond donors (Lipinski definition) is 1. The molecule has 0 saturated carbocycles. The summed E-state index contributed by atoms with van der Waals surface area (Å²) < 4.78 is 6.67. The third-order valence-electron chi connectivity index (χ3n) is 2.38. The van der Waals surface area contributed by atoms with E-state index in [-0.39, 0.29) is 17.4 Å². The number of nitrogens with zero attached hydrogens (tertiary/aromatic N) is 1. The Kier molecular flexibility index (Phi) is 4.30. The summed E-state index contributed by atoms with van der Waals surface area (Å²) >= 11 is 0. The van der Waals surface area contributed by atoms with Gasteiger partial charge in [-0.15, -0.1) is 0 Å². The molecule has 15 heavy (non-hydrogen) atoms. The Hall–Kier alpha value is -1.36. The predicted octanol–water partition coefficient (Wildman–Crippen LogP) is 0.352. The first kappa shape index (κ1) is 11.7. The number of hydrogen-bond acceptors (Lipinski definition) is 3. The summed E-state index contributed by atoms with van der Waals surface area (Å²) in [7, 11) is 1.66. The number of ether oxygens (including phenoxy) is 1. The van der Waals surface area contributed by atoms with Crippen molar-refractivity contribution < 1.29 is 4.74 Å². The molecular formula is C10H16N2O3. The van der Waals surface area contributed by atoms with Crippen LogP contribution in [0.4, 0.5) is 0 Å². The van der Waals surface area contributed by atoms with Crippen LogP contribution in [0.15, 0.2) is 21.9 Å². The molecule has 1 N–H and O–H groups in total. The van der Waals surface area contributed by atoms with E-state index in [1.165, 1.54) is 16.8 Å². The van der Waals surface area contributed by atoms with Gasteiger partial charge >= 0.3 is 5.69 Å². The smallest absolute Gasteiger partial charge is 0.328 e. The van der Waals surface area contributed by atoms with Crippen molar-refractivity contribution in [1.29, 1.82) is 0 Å². The van der Waals surface area contributed by atoms with Crippen molar-refractivity contribution in [3.05, 3.63) is 33.1 Å². The third kappa shape index (κ3) is 3.36. The lowest BCUT2D eigenvalue weighted by atomic mass is 10.2. The van der Waals surface area contributed by atoms with E-state index in [1.807, 2.05) is 6.92 Å². The Morgan fingerprint density at radius 1 is 1.53 bits per heavy atom. The van der Waals surface area contributed by atoms with Crippen LogP contribution in [0, 0.1) is 0 Å². The van der Waals surface area contributed by atoms with Gasteiger partial charge in [-0.2, -0.15) is 0 Å². The number of rotatable bonds is 5. The highest BCUT2D eigenvalue weighted by molar-refractivity contribution is 4.82. The molecule has 1 rings (SSSR count). The van der Waals surface area contributed by atoms with Gasteiger partial charge in [0, 0.05) is 25.9 Å². The number of nitrogens with one attached hydrogen (secondary N) is 1. The van der Waals surface area contributed by atoms with E-state index < -0.39 is 0 Å². The highest BCUT2D eigenvalue weighted by Gasteiger charge is 2.04. The second-order valence-electron chi connectivity index (χ2n) is 3.36. The van der Waals surface area contributed by atoms with Crippen LogP contribution in [0.1, 0.15) is 19.8 Å². The van der Waals surface area contributed by atoms with Crippen LogP contribution >= 0.6 is 0 Å². The maximum absolute atomic E-state index is 11.3. The second kappa shape index (κ2) is 5.50. The zero-order chi connectivity index (χ0) is 11.3. The maximum Gasteiger partial charge on any atom is 0.328 e. The van der Waals surface area contributed by atoms with Crippen LogP contribution in [-0.2, 0) is 11.3 Å². The number of aryl methyl sites for hydroxylation is 1. The summed E-state index contributed by atoms with van der Waals surface area (Å²) in [5.41, 5.74) is -0.733. The van der Waals surface area contributed by atoms with E-state index in [2.05, 4.69) is 4.98 Å². The van der Waals surface area contributed by atoms with Gasteiger partial charge in [0.25, 0.3) is 5.56 Å². The number of methoxy groups -OCH3 is 1. The lowest BCUT2D eigenvalue weighted by Crippen LogP contribution is -2.29. The fourth-order valence-corrected chi connectivity index (χ4v) is 1.39. The minimum Gasteiger partial charge on any atom is -0.381 e. The van der Waals surface area contributed by atoms with Crippen molar-refractivity contribution in [2.45, 2.75) is 32.4 Å². The lowest BCUT2D eigenvalue weighted by Gasteiger charge is -2.13. The molecule has 0 amide bonds. The van der Waals surface area contributed by atoms with Crippen molar-refractivity contribution in [3.8, 4) is 0 Å². The summed E-state index contributed by atoms with van der Waals surface area (Å²) in [5.74, 6) is 0. The molecule has 0 bridgehead atoms. The monoisotopic (exact) mass is 212 g/mol. The average Bonchev–Trinajstić information content (AvgIpc) is 2.22. The lowest BCUT2D eigenvalue weighted by molar-refractivity contribution is 0.0879. The Morgan fingerprint density at radius 3 is 2.80 bits per heavy atom. The molecule has 1 unspecified atom stereocenters. The first-order valence-electron chi connectivity index (χ1n) is 5.00. The van der Waals surface area contributed by atoms with Crippen LogP contribution < -0.4 is 11.2 Å². The molecule has 0 radical (unpaired) electrons. The molecule has 1 atom stereocenters. The minimum atomic E-state index is -0.367. The molecule has 0 aliphatic rings. The van der Waals surface area contributed by atoms with Gasteiger partial charge in [-0.3, -0.25) is 9.78 Å². The molecule has 5 heteroatoms. The van der Waals surface area contributed by atoms with Gasteiger partial charge in [-0.05, 0) is 12.8 Å². The van der Waals surface area contributed by atoms with Crippen LogP contribution in [0.5, 0.6) is 0 Å². The van der Waals surface area contributed by atoms with E-state index in [0.717, 1.165) is 12.8 Å². The van der Waals surface area contributed by atoms with Crippen LogP contribution in [0.25, 0.3) is 0 Å². The fraction of sp³-hybridized carbons (Fsp3) is 0.600. The van der Waals surface area contributed by atoms with Crippen LogP contribution in [-0.4, -0.2) is 22.8 Å². The first-order chi connectivity index (χ1) is 7.17. The quantitative estimate of drug-likeness (QED) is 0.766. The van der Waals surface area contributed by atoms with Crippen LogP contribution in [0.3, 0.4) is 0 Å². The zero-order valence-electron chi connectivity index (χ0n) is 9.03. The van der Waals surface area contributed by atoms with E-state index in [9.17, 15) is 9.59 Å². The molecular weight excluding hydrogens is 196 g/mol. The highest BCUT2D eigenvalue weighted by atomic mass is 16.5. The molecule has 0 aliphatic carbocycles. The largest absolute Gasteiger partial charge is 0.381 e. The van der Waals surface area contributed by atoms with Gasteiger partial charge in [0.05, 0.1) is 6.10 Å². The van der Waals surface area contributed by atoms with E-state index >= 15 is 0 Å². The van der Waals surface area contributed by atoms with Gasteiger partial charge in [0.2, 0.25) is 0 Å². The molecule has 0 aromatic carbocycles. The molecule has 0 aliphatic heterocycles. The Bertz CT molecular complexity index is 404. The Morgan fingerprint density at radius 2 is 2.27 bits per heavy atom. The van der Waals surface area contributed by atoms with Gasteiger partial charge in [0.1, 0.15) is 0 Å². The summed E-state index contributed by atoms with van der Waals surface area (Å²) in [6.07, 6.45) is 3.33. The van der Waals surface area contributed by atoms with Crippen molar-refractivity contribution in [2.24, 2.45) is 0 Å². The van der Waals surface area contributed by atoms with E-state index in [1.54, 1.807) is 7.11 Å². The SMILES string of the molecule is CCC(CCn1ccc(=O)[nH]c1=O)OC. The number of aromatic nitrogens is 2.